The molecule has 3 aromatic heterocycles. The number of rotatable bonds is 5. The van der Waals surface area contributed by atoms with E-state index in [1.807, 2.05) is 29.6 Å². The number of hydrogen-bond donors (Lipinski definition) is 0. The van der Waals surface area contributed by atoms with Gasteiger partial charge in [-0.3, -0.25) is 0 Å². The fraction of sp³-hybridized carbons (Fsp3) is 0.192. The lowest BCUT2D eigenvalue weighted by Crippen LogP contribution is -2.36. The predicted octanol–water partition coefficient (Wildman–Crippen LogP) is 4.75. The van der Waals surface area contributed by atoms with Crippen LogP contribution in [0.3, 0.4) is 0 Å². The van der Waals surface area contributed by atoms with Crippen molar-refractivity contribution >= 4 is 44.3 Å². The van der Waals surface area contributed by atoms with Crippen molar-refractivity contribution in [3.63, 3.8) is 0 Å². The fourth-order valence-electron chi connectivity index (χ4n) is 4.58. The number of nitrogens with zero attached hydrogens (tertiary/aromatic N) is 5. The number of thiophene rings is 1. The average molecular weight is 504 g/mol. The van der Waals surface area contributed by atoms with Gasteiger partial charge < -0.3 is 14.4 Å². The summed E-state index contributed by atoms with van der Waals surface area (Å²) in [4.78, 5) is 23.1. The molecule has 1 atom stereocenters. The maximum Gasteiger partial charge on any atom is 0.135 e. The number of carbonyl (C=O) groups excluding carboxylic acids is 1. The van der Waals surface area contributed by atoms with Gasteiger partial charge >= 0.3 is 0 Å². The molecule has 1 aliphatic heterocycles. The Morgan fingerprint density at radius 1 is 1.06 bits per heavy atom. The van der Waals surface area contributed by atoms with Crippen molar-refractivity contribution in [3.8, 4) is 11.3 Å². The van der Waals surface area contributed by atoms with E-state index in [0.717, 1.165) is 34.9 Å². The van der Waals surface area contributed by atoms with Gasteiger partial charge in [0.15, 0.2) is 0 Å². The van der Waals surface area contributed by atoms with Gasteiger partial charge in [0.1, 0.15) is 24.2 Å². The van der Waals surface area contributed by atoms with E-state index < -0.39 is 17.6 Å². The second kappa shape index (κ2) is 9.29. The van der Waals surface area contributed by atoms with E-state index in [9.17, 15) is 4.79 Å². The molecule has 7 nitrogen and oxygen atoms in total. The number of halogens is 2. The van der Waals surface area contributed by atoms with E-state index >= 15 is 8.78 Å². The first kappa shape index (κ1) is 22.6. The number of benzene rings is 2. The summed E-state index contributed by atoms with van der Waals surface area (Å²) in [6.45, 7) is 2.84. The SMILES string of the molecule is O=CC(c1cc(-c2ncnc3cc(N4CCOCC4)ccc23)c(F)cc1F)c1nncc2ccsc12. The Balaban J connectivity index is 1.47. The number of anilines is 1. The van der Waals surface area contributed by atoms with Crippen molar-refractivity contribution in [1.82, 2.24) is 20.2 Å². The molecule has 1 fully saturated rings. The molecule has 0 saturated carbocycles. The normalized spacial score (nSPS) is 14.9. The number of aromatic nitrogens is 4. The third-order valence-corrected chi connectivity index (χ3v) is 7.35. The zero-order valence-electron chi connectivity index (χ0n) is 18.9. The fourth-order valence-corrected chi connectivity index (χ4v) is 5.48. The maximum absolute atomic E-state index is 15.2. The summed E-state index contributed by atoms with van der Waals surface area (Å²) in [6.07, 6.45) is 3.55. The van der Waals surface area contributed by atoms with Crippen LogP contribution in [0.25, 0.3) is 32.2 Å². The minimum atomic E-state index is -1.06. The molecule has 0 radical (unpaired) electrons. The minimum Gasteiger partial charge on any atom is -0.378 e. The molecule has 36 heavy (non-hydrogen) atoms. The van der Waals surface area contributed by atoms with E-state index in [1.165, 1.54) is 23.7 Å². The van der Waals surface area contributed by atoms with Crippen LogP contribution < -0.4 is 4.90 Å². The lowest BCUT2D eigenvalue weighted by atomic mass is 9.92. The highest BCUT2D eigenvalue weighted by molar-refractivity contribution is 7.17. The van der Waals surface area contributed by atoms with Crippen LogP contribution in [0.1, 0.15) is 17.2 Å². The van der Waals surface area contributed by atoms with Crippen LogP contribution in [0.2, 0.25) is 0 Å². The van der Waals surface area contributed by atoms with Crippen LogP contribution in [-0.2, 0) is 9.53 Å². The minimum absolute atomic E-state index is 0.00768. The highest BCUT2D eigenvalue weighted by Crippen LogP contribution is 2.36. The lowest BCUT2D eigenvalue weighted by Gasteiger charge is -2.29. The molecular formula is C26H19F2N5O2S. The van der Waals surface area contributed by atoms with Crippen LogP contribution in [0, 0.1) is 11.6 Å². The maximum atomic E-state index is 15.2. The highest BCUT2D eigenvalue weighted by atomic mass is 32.1. The molecular weight excluding hydrogens is 484 g/mol. The summed E-state index contributed by atoms with van der Waals surface area (Å²) in [7, 11) is 0. The van der Waals surface area contributed by atoms with Crippen LogP contribution in [0.5, 0.6) is 0 Å². The molecule has 10 heteroatoms. The summed E-state index contributed by atoms with van der Waals surface area (Å²) in [5.74, 6) is -2.67. The Hall–Kier alpha value is -3.89. The first-order chi connectivity index (χ1) is 17.6. The molecule has 0 spiro atoms. The molecule has 6 rings (SSSR count). The molecule has 0 amide bonds. The molecule has 0 N–H and O–H groups in total. The second-order valence-electron chi connectivity index (χ2n) is 8.43. The van der Waals surface area contributed by atoms with Gasteiger partial charge in [0.25, 0.3) is 0 Å². The topological polar surface area (TPSA) is 81.1 Å². The Kier molecular flexibility index (Phi) is 5.82. The van der Waals surface area contributed by atoms with Crippen molar-refractivity contribution in [2.45, 2.75) is 5.92 Å². The zero-order chi connectivity index (χ0) is 24.6. The molecule has 1 unspecified atom stereocenters. The van der Waals surface area contributed by atoms with Crippen molar-refractivity contribution in [2.75, 3.05) is 31.2 Å². The Morgan fingerprint density at radius 3 is 2.75 bits per heavy atom. The zero-order valence-corrected chi connectivity index (χ0v) is 19.7. The molecule has 1 saturated heterocycles. The van der Waals surface area contributed by atoms with E-state index in [2.05, 4.69) is 25.1 Å². The van der Waals surface area contributed by atoms with Gasteiger partial charge in [-0.05, 0) is 35.7 Å². The second-order valence-corrected chi connectivity index (χ2v) is 9.34. The van der Waals surface area contributed by atoms with Gasteiger partial charge in [0, 0.05) is 46.7 Å². The highest BCUT2D eigenvalue weighted by Gasteiger charge is 2.25. The van der Waals surface area contributed by atoms with Crippen LogP contribution >= 0.6 is 11.3 Å². The smallest absolute Gasteiger partial charge is 0.135 e. The molecule has 4 heterocycles. The van der Waals surface area contributed by atoms with Crippen molar-refractivity contribution in [1.29, 1.82) is 0 Å². The summed E-state index contributed by atoms with van der Waals surface area (Å²) in [6, 6.07) is 9.69. The predicted molar refractivity (Wildman–Crippen MR) is 133 cm³/mol. The number of fused-ring (bicyclic) bond motifs is 2. The van der Waals surface area contributed by atoms with Gasteiger partial charge in [0.05, 0.1) is 46.9 Å². The molecule has 0 aliphatic carbocycles. The number of morpholine rings is 1. The van der Waals surface area contributed by atoms with Gasteiger partial charge in [-0.25, -0.2) is 18.7 Å². The monoisotopic (exact) mass is 503 g/mol. The molecule has 0 bridgehead atoms. The van der Waals surface area contributed by atoms with Gasteiger partial charge in [0.2, 0.25) is 0 Å². The van der Waals surface area contributed by atoms with Crippen LogP contribution in [0.15, 0.2) is 54.3 Å². The van der Waals surface area contributed by atoms with Crippen LogP contribution in [0.4, 0.5) is 14.5 Å². The quantitative estimate of drug-likeness (QED) is 0.320. The lowest BCUT2D eigenvalue weighted by molar-refractivity contribution is -0.108. The number of carbonyl (C=O) groups is 1. The van der Waals surface area contributed by atoms with E-state index in [4.69, 9.17) is 4.74 Å². The molecule has 180 valence electrons. The number of aldehydes is 1. The summed E-state index contributed by atoms with van der Waals surface area (Å²) >= 11 is 1.39. The summed E-state index contributed by atoms with van der Waals surface area (Å²) in [5.41, 5.74) is 2.35. The van der Waals surface area contributed by atoms with Crippen molar-refractivity contribution in [2.24, 2.45) is 0 Å². The van der Waals surface area contributed by atoms with Crippen LogP contribution in [-0.4, -0.2) is 52.8 Å². The average Bonchev–Trinajstić information content (AvgIpc) is 3.40. The van der Waals surface area contributed by atoms with E-state index in [0.29, 0.717) is 41.8 Å². The van der Waals surface area contributed by atoms with Gasteiger partial charge in [-0.1, -0.05) is 0 Å². The molecule has 2 aromatic carbocycles. The number of ether oxygens (including phenoxy) is 1. The Labute approximate surface area is 208 Å². The van der Waals surface area contributed by atoms with Crippen molar-refractivity contribution < 1.29 is 18.3 Å². The van der Waals surface area contributed by atoms with Gasteiger partial charge in [-0.15, -0.1) is 11.3 Å². The standard InChI is InChI=1S/C26H19F2N5O2S/c27-21-11-22(28)19(10-18(21)20(13-34)25-26-15(3-8-36-26)12-31-32-25)24-17-2-1-16(9-23(17)29-14-30-24)33-4-6-35-7-5-33/h1-3,8-14,20H,4-7H2. The largest absolute Gasteiger partial charge is 0.378 e. The third kappa shape index (κ3) is 3.88. The van der Waals surface area contributed by atoms with E-state index in [1.54, 1.807) is 6.20 Å². The first-order valence-corrected chi connectivity index (χ1v) is 12.2. The number of hydrogen-bond acceptors (Lipinski definition) is 8. The van der Waals surface area contributed by atoms with Crippen molar-refractivity contribution in [3.05, 3.63) is 77.2 Å². The first-order valence-electron chi connectivity index (χ1n) is 11.3. The molecule has 1 aliphatic rings. The summed E-state index contributed by atoms with van der Waals surface area (Å²) < 4.78 is 36.4. The summed E-state index contributed by atoms with van der Waals surface area (Å²) in [5, 5.41) is 11.4. The van der Waals surface area contributed by atoms with Gasteiger partial charge in [-0.2, -0.15) is 10.2 Å². The Bertz CT molecular complexity index is 1600. The Morgan fingerprint density at radius 2 is 1.92 bits per heavy atom. The van der Waals surface area contributed by atoms with E-state index in [-0.39, 0.29) is 11.1 Å². The molecule has 5 aromatic rings. The third-order valence-electron chi connectivity index (χ3n) is 6.39.